The minimum absolute atomic E-state index is 0.00929. The molecule has 0 heterocycles. The van der Waals surface area contributed by atoms with Crippen LogP contribution < -0.4 is 14.4 Å². The van der Waals surface area contributed by atoms with Crippen LogP contribution in [-0.4, -0.2) is 50.9 Å². The molecule has 3 aromatic carbocycles. The molecule has 0 aromatic heterocycles. The van der Waals surface area contributed by atoms with E-state index in [1.54, 1.807) is 67.6 Å². The fraction of sp³-hybridized carbons (Fsp3) is 0.310. The predicted molar refractivity (Wildman–Crippen MR) is 153 cm³/mol. The molecule has 208 valence electrons. The van der Waals surface area contributed by atoms with E-state index in [0.717, 1.165) is 9.87 Å². The van der Waals surface area contributed by atoms with E-state index >= 15 is 0 Å². The van der Waals surface area contributed by atoms with Gasteiger partial charge in [0.05, 0.1) is 17.7 Å². The molecule has 3 aromatic rings. The van der Waals surface area contributed by atoms with Crippen molar-refractivity contribution in [2.75, 3.05) is 18.0 Å². The minimum Gasteiger partial charge on any atom is -0.495 e. The van der Waals surface area contributed by atoms with Gasteiger partial charge in [-0.25, -0.2) is 8.42 Å². The molecule has 0 aliphatic heterocycles. The van der Waals surface area contributed by atoms with Crippen LogP contribution in [0.4, 0.5) is 5.69 Å². The van der Waals surface area contributed by atoms with Crippen LogP contribution in [0.15, 0.2) is 77.7 Å². The Balaban J connectivity index is 2.10. The zero-order valence-corrected chi connectivity index (χ0v) is 24.3. The van der Waals surface area contributed by atoms with Crippen LogP contribution >= 0.6 is 11.6 Å². The first kappa shape index (κ1) is 30.0. The molecule has 8 nitrogen and oxygen atoms in total. The normalized spacial score (nSPS) is 12.1. The van der Waals surface area contributed by atoms with E-state index in [4.69, 9.17) is 16.3 Å². The Kier molecular flexibility index (Phi) is 9.99. The van der Waals surface area contributed by atoms with Gasteiger partial charge >= 0.3 is 0 Å². The van der Waals surface area contributed by atoms with E-state index < -0.39 is 28.5 Å². The van der Waals surface area contributed by atoms with Crippen LogP contribution in [0.5, 0.6) is 5.75 Å². The predicted octanol–water partition coefficient (Wildman–Crippen LogP) is 4.79. The molecule has 0 aliphatic carbocycles. The van der Waals surface area contributed by atoms with Crippen molar-refractivity contribution in [3.8, 4) is 5.75 Å². The summed E-state index contributed by atoms with van der Waals surface area (Å²) in [4.78, 5) is 28.4. The smallest absolute Gasteiger partial charge is 0.264 e. The number of nitrogens with one attached hydrogen (secondary N) is 1. The molecule has 1 atom stereocenters. The van der Waals surface area contributed by atoms with Gasteiger partial charge in [-0.05, 0) is 69.2 Å². The fourth-order valence-corrected chi connectivity index (χ4v) is 5.66. The third-order valence-corrected chi connectivity index (χ3v) is 8.25. The second kappa shape index (κ2) is 13.0. The number of benzene rings is 3. The largest absolute Gasteiger partial charge is 0.495 e. The second-order valence-electron chi connectivity index (χ2n) is 9.45. The number of sulfonamides is 1. The second-order valence-corrected chi connectivity index (χ2v) is 11.7. The molecule has 10 heteroatoms. The molecule has 2 amide bonds. The first-order chi connectivity index (χ1) is 18.4. The number of carbonyl (C=O) groups excluding carboxylic acids is 2. The maximum absolute atomic E-state index is 14.0. The Labute approximate surface area is 235 Å². The Morgan fingerprint density at radius 3 is 2.23 bits per heavy atom. The maximum Gasteiger partial charge on any atom is 0.264 e. The summed E-state index contributed by atoms with van der Waals surface area (Å²) in [6, 6.07) is 18.9. The number of halogens is 1. The van der Waals surface area contributed by atoms with E-state index in [9.17, 15) is 18.0 Å². The van der Waals surface area contributed by atoms with Crippen molar-refractivity contribution in [2.24, 2.45) is 0 Å². The first-order valence-corrected chi connectivity index (χ1v) is 14.3. The highest BCUT2D eigenvalue weighted by molar-refractivity contribution is 7.92. The molecule has 0 radical (unpaired) electrons. The van der Waals surface area contributed by atoms with Crippen molar-refractivity contribution in [3.63, 3.8) is 0 Å². The Morgan fingerprint density at radius 2 is 1.62 bits per heavy atom. The molecular weight excluding hydrogens is 538 g/mol. The van der Waals surface area contributed by atoms with Gasteiger partial charge in [0, 0.05) is 17.6 Å². The summed E-state index contributed by atoms with van der Waals surface area (Å²) in [5.74, 6) is -0.656. The number of carbonyl (C=O) groups is 2. The molecule has 39 heavy (non-hydrogen) atoms. The third kappa shape index (κ3) is 7.30. The van der Waals surface area contributed by atoms with Crippen molar-refractivity contribution >= 4 is 39.1 Å². The summed E-state index contributed by atoms with van der Waals surface area (Å²) >= 11 is 6.39. The molecule has 0 saturated carbocycles. The zero-order chi connectivity index (χ0) is 28.7. The number of aryl methyl sites for hydroxylation is 1. The maximum atomic E-state index is 14.0. The lowest BCUT2D eigenvalue weighted by molar-refractivity contribution is -0.139. The Hall–Kier alpha value is -3.56. The first-order valence-electron chi connectivity index (χ1n) is 12.5. The fourth-order valence-electron chi connectivity index (χ4n) is 4.03. The number of anilines is 1. The van der Waals surface area contributed by atoms with E-state index in [-0.39, 0.29) is 34.8 Å². The summed E-state index contributed by atoms with van der Waals surface area (Å²) in [7, 11) is -2.76. The van der Waals surface area contributed by atoms with Gasteiger partial charge in [0.1, 0.15) is 18.3 Å². The highest BCUT2D eigenvalue weighted by atomic mass is 35.5. The Morgan fingerprint density at radius 1 is 0.974 bits per heavy atom. The summed E-state index contributed by atoms with van der Waals surface area (Å²) in [6.45, 7) is 6.51. The van der Waals surface area contributed by atoms with Crippen LogP contribution in [0, 0.1) is 6.92 Å². The van der Waals surface area contributed by atoms with Crippen LogP contribution in [0.25, 0.3) is 0 Å². The van der Waals surface area contributed by atoms with Crippen molar-refractivity contribution in [1.29, 1.82) is 0 Å². The number of hydrogen-bond donors (Lipinski definition) is 1. The van der Waals surface area contributed by atoms with E-state index in [1.807, 2.05) is 20.8 Å². The topological polar surface area (TPSA) is 96.0 Å². The van der Waals surface area contributed by atoms with Crippen molar-refractivity contribution < 1.29 is 22.7 Å². The van der Waals surface area contributed by atoms with Crippen LogP contribution in [0.2, 0.25) is 5.02 Å². The summed E-state index contributed by atoms with van der Waals surface area (Å²) < 4.78 is 34.4. The number of nitrogens with zero attached hydrogens (tertiary/aromatic N) is 2. The lowest BCUT2D eigenvalue weighted by Gasteiger charge is -2.33. The lowest BCUT2D eigenvalue weighted by Crippen LogP contribution is -2.52. The minimum atomic E-state index is -4.20. The van der Waals surface area contributed by atoms with E-state index in [0.29, 0.717) is 10.6 Å². The van der Waals surface area contributed by atoms with Crippen LogP contribution in [-0.2, 0) is 26.2 Å². The number of ether oxygens (including phenoxy) is 1. The summed E-state index contributed by atoms with van der Waals surface area (Å²) in [5, 5.41) is 3.26. The van der Waals surface area contributed by atoms with Crippen molar-refractivity contribution in [2.45, 2.75) is 51.2 Å². The van der Waals surface area contributed by atoms with Gasteiger partial charge in [0.25, 0.3) is 10.0 Å². The molecule has 0 fully saturated rings. The monoisotopic (exact) mass is 571 g/mol. The molecule has 1 N–H and O–H groups in total. The zero-order valence-electron chi connectivity index (χ0n) is 22.7. The van der Waals surface area contributed by atoms with Gasteiger partial charge in [0.2, 0.25) is 11.8 Å². The Bertz CT molecular complexity index is 1410. The molecule has 0 unspecified atom stereocenters. The summed E-state index contributed by atoms with van der Waals surface area (Å²) in [5.41, 5.74) is 1.62. The highest BCUT2D eigenvalue weighted by Crippen LogP contribution is 2.33. The van der Waals surface area contributed by atoms with Gasteiger partial charge in [-0.15, -0.1) is 0 Å². The van der Waals surface area contributed by atoms with Gasteiger partial charge in [-0.3, -0.25) is 13.9 Å². The number of hydrogen-bond acceptors (Lipinski definition) is 5. The van der Waals surface area contributed by atoms with Crippen molar-refractivity contribution in [1.82, 2.24) is 10.2 Å². The quantitative estimate of drug-likeness (QED) is 0.357. The van der Waals surface area contributed by atoms with Crippen LogP contribution in [0.3, 0.4) is 0 Å². The third-order valence-electron chi connectivity index (χ3n) is 6.11. The molecule has 0 saturated heterocycles. The molecule has 0 spiro atoms. The van der Waals surface area contributed by atoms with Gasteiger partial charge in [-0.1, -0.05) is 54.1 Å². The van der Waals surface area contributed by atoms with E-state index in [2.05, 4.69) is 5.32 Å². The standard InChI is InChI=1S/C29H34ClN3O5S/c1-20(2)31-29(35)22(4)32(18-23-11-9-10-14-25(23)30)28(34)19-33(26-17-21(3)15-16-27(26)38-5)39(36,37)24-12-7-6-8-13-24/h6-17,20,22H,18-19H2,1-5H3,(H,31,35)/t22-/m0/s1. The SMILES string of the molecule is COc1ccc(C)cc1N(CC(=O)N(Cc1ccccc1Cl)[C@@H](C)C(=O)NC(C)C)S(=O)(=O)c1ccccc1. The number of amides is 2. The molecule has 0 aliphatic rings. The number of methoxy groups -OCH3 is 1. The van der Waals surface area contributed by atoms with Gasteiger partial charge in [0.15, 0.2) is 0 Å². The number of rotatable bonds is 11. The lowest BCUT2D eigenvalue weighted by atomic mass is 10.1. The van der Waals surface area contributed by atoms with E-state index in [1.165, 1.54) is 24.1 Å². The van der Waals surface area contributed by atoms with Gasteiger partial charge < -0.3 is 15.0 Å². The average Bonchev–Trinajstić information content (AvgIpc) is 2.90. The molecular formula is C29H34ClN3O5S. The average molecular weight is 572 g/mol. The van der Waals surface area contributed by atoms with Crippen LogP contribution in [0.1, 0.15) is 31.9 Å². The van der Waals surface area contributed by atoms with Crippen molar-refractivity contribution in [3.05, 3.63) is 88.9 Å². The summed E-state index contributed by atoms with van der Waals surface area (Å²) in [6.07, 6.45) is 0. The molecule has 0 bridgehead atoms. The molecule has 3 rings (SSSR count). The highest BCUT2D eigenvalue weighted by Gasteiger charge is 2.34. The van der Waals surface area contributed by atoms with Gasteiger partial charge in [-0.2, -0.15) is 0 Å².